The second-order valence-electron chi connectivity index (χ2n) is 4.33. The first kappa shape index (κ1) is 16.3. The summed E-state index contributed by atoms with van der Waals surface area (Å²) in [7, 11) is 0. The van der Waals surface area contributed by atoms with Gasteiger partial charge in [-0.25, -0.2) is 0 Å². The monoisotopic (exact) mass is 278 g/mol. The van der Waals surface area contributed by atoms with Gasteiger partial charge in [0.1, 0.15) is 0 Å². The molecule has 0 bridgehead atoms. The number of rotatable bonds is 5. The van der Waals surface area contributed by atoms with E-state index in [1.54, 1.807) is 0 Å². The van der Waals surface area contributed by atoms with Crippen molar-refractivity contribution in [1.29, 1.82) is 0 Å². The first-order valence-electron chi connectivity index (χ1n) is 6.11. The molecule has 0 saturated heterocycles. The predicted molar refractivity (Wildman–Crippen MR) is 62.7 cm³/mol. The Kier molecular flexibility index (Phi) is 7.30. The van der Waals surface area contributed by atoms with E-state index in [-0.39, 0.29) is 28.0 Å². The van der Waals surface area contributed by atoms with Crippen LogP contribution in [-0.4, -0.2) is 0 Å². The van der Waals surface area contributed by atoms with Crippen LogP contribution in [0.1, 0.15) is 49.8 Å². The van der Waals surface area contributed by atoms with E-state index in [0.29, 0.717) is 0 Å². The van der Waals surface area contributed by atoms with Crippen LogP contribution in [-0.2, 0) is 29.3 Å². The van der Waals surface area contributed by atoms with Gasteiger partial charge in [0, 0.05) is 0 Å². The van der Waals surface area contributed by atoms with Crippen LogP contribution in [0.3, 0.4) is 0 Å². The Morgan fingerprint density at radius 3 is 2.18 bits per heavy atom. The third kappa shape index (κ3) is 3.92. The minimum atomic E-state index is -0.344. The van der Waals surface area contributed by atoms with E-state index in [2.05, 4.69) is 13.8 Å². The normalized spacial score (nSPS) is 10.1. The number of benzene rings is 1. The van der Waals surface area contributed by atoms with Gasteiger partial charge in [0.25, 0.3) is 0 Å². The molecular weight excluding hydrogens is 259 g/mol. The van der Waals surface area contributed by atoms with Crippen LogP contribution in [0, 0.1) is 6.92 Å². The SMILES string of the molecule is CCCCc1c([O-])c([O-])cc(C)c1CCC.[Ni+2]. The van der Waals surface area contributed by atoms with Crippen molar-refractivity contribution in [2.24, 2.45) is 0 Å². The van der Waals surface area contributed by atoms with Crippen LogP contribution in [0.2, 0.25) is 0 Å². The molecule has 0 atom stereocenters. The van der Waals surface area contributed by atoms with Gasteiger partial charge in [-0.3, -0.25) is 0 Å². The second-order valence-corrected chi connectivity index (χ2v) is 4.33. The number of hydrogen-bond acceptors (Lipinski definition) is 2. The van der Waals surface area contributed by atoms with Crippen molar-refractivity contribution in [2.45, 2.75) is 52.9 Å². The third-order valence-electron chi connectivity index (χ3n) is 2.97. The molecule has 1 aromatic carbocycles. The molecule has 2 nitrogen and oxygen atoms in total. The van der Waals surface area contributed by atoms with Crippen LogP contribution in [0.4, 0.5) is 0 Å². The molecule has 0 spiro atoms. The third-order valence-corrected chi connectivity index (χ3v) is 2.97. The summed E-state index contributed by atoms with van der Waals surface area (Å²) in [6, 6.07) is 1.49. The second kappa shape index (κ2) is 7.60. The first-order valence-corrected chi connectivity index (χ1v) is 6.11. The van der Waals surface area contributed by atoms with Crippen LogP contribution in [0.15, 0.2) is 6.07 Å². The zero-order chi connectivity index (χ0) is 12.1. The van der Waals surface area contributed by atoms with Crippen LogP contribution >= 0.6 is 0 Å². The fraction of sp³-hybridized carbons (Fsp3) is 0.571. The number of aryl methyl sites for hydroxylation is 1. The van der Waals surface area contributed by atoms with Crippen molar-refractivity contribution in [1.82, 2.24) is 0 Å². The summed E-state index contributed by atoms with van der Waals surface area (Å²) in [6.45, 7) is 6.12. The summed E-state index contributed by atoms with van der Waals surface area (Å²) in [4.78, 5) is 0. The van der Waals surface area contributed by atoms with Crippen LogP contribution < -0.4 is 10.2 Å². The maximum Gasteiger partial charge on any atom is 2.00 e. The van der Waals surface area contributed by atoms with Crippen molar-refractivity contribution < 1.29 is 26.7 Å². The minimum absolute atomic E-state index is 0. The van der Waals surface area contributed by atoms with Crippen molar-refractivity contribution in [3.63, 3.8) is 0 Å². The summed E-state index contributed by atoms with van der Waals surface area (Å²) in [5, 5.41) is 23.3. The molecule has 0 saturated carbocycles. The van der Waals surface area contributed by atoms with Gasteiger partial charge in [-0.2, -0.15) is 0 Å². The predicted octanol–water partition coefficient (Wildman–Crippen LogP) is 2.43. The van der Waals surface area contributed by atoms with Gasteiger partial charge < -0.3 is 10.2 Å². The van der Waals surface area contributed by atoms with E-state index in [1.807, 2.05) is 6.92 Å². The molecule has 0 aliphatic rings. The summed E-state index contributed by atoms with van der Waals surface area (Å²) in [5.74, 6) is -0.619. The molecule has 98 valence electrons. The maximum atomic E-state index is 11.8. The Balaban J connectivity index is 0.00000256. The zero-order valence-corrected chi connectivity index (χ0v) is 11.7. The van der Waals surface area contributed by atoms with E-state index < -0.39 is 0 Å². The van der Waals surface area contributed by atoms with Gasteiger partial charge in [0.05, 0.1) is 0 Å². The quantitative estimate of drug-likeness (QED) is 0.777. The van der Waals surface area contributed by atoms with E-state index >= 15 is 0 Å². The molecule has 0 heterocycles. The van der Waals surface area contributed by atoms with Crippen LogP contribution in [0.5, 0.6) is 11.5 Å². The Morgan fingerprint density at radius 1 is 1.00 bits per heavy atom. The summed E-state index contributed by atoms with van der Waals surface area (Å²) in [6.07, 6.45) is 4.70. The van der Waals surface area contributed by atoms with Gasteiger partial charge >= 0.3 is 16.5 Å². The van der Waals surface area contributed by atoms with Crippen LogP contribution in [0.25, 0.3) is 0 Å². The minimum Gasteiger partial charge on any atom is -0.873 e. The van der Waals surface area contributed by atoms with Gasteiger partial charge in [-0.05, 0) is 37.3 Å². The molecular formula is C14H20NiO2. The molecule has 0 radical (unpaired) electrons. The first-order chi connectivity index (χ1) is 7.61. The standard InChI is InChI=1S/C14H22O2.Ni/c1-4-6-8-12-11(7-5-2)10(3)9-13(15)14(12)16;/h9,15-16H,4-8H2,1-3H3;/q;+2/p-2. The number of unbranched alkanes of at least 4 members (excludes halogenated alkanes) is 1. The summed E-state index contributed by atoms with van der Waals surface area (Å²) < 4.78 is 0. The molecule has 17 heavy (non-hydrogen) atoms. The summed E-state index contributed by atoms with van der Waals surface area (Å²) in [5.41, 5.74) is 2.87. The number of hydrogen-bond donors (Lipinski definition) is 0. The molecule has 0 fully saturated rings. The fourth-order valence-corrected chi connectivity index (χ4v) is 2.09. The molecule has 1 aromatic rings. The average Bonchev–Trinajstić information content (AvgIpc) is 2.25. The van der Waals surface area contributed by atoms with Crippen molar-refractivity contribution in [3.8, 4) is 11.5 Å². The van der Waals surface area contributed by atoms with E-state index in [4.69, 9.17) is 0 Å². The molecule has 0 amide bonds. The van der Waals surface area contributed by atoms with Gasteiger partial charge in [-0.1, -0.05) is 38.3 Å². The zero-order valence-electron chi connectivity index (χ0n) is 10.7. The molecule has 0 aliphatic carbocycles. The van der Waals surface area contributed by atoms with Gasteiger partial charge in [-0.15, -0.1) is 11.5 Å². The molecule has 0 aliphatic heterocycles. The van der Waals surface area contributed by atoms with Crippen molar-refractivity contribution in [2.75, 3.05) is 0 Å². The Hall–Kier alpha value is -0.686. The van der Waals surface area contributed by atoms with Crippen molar-refractivity contribution >= 4 is 0 Å². The van der Waals surface area contributed by atoms with E-state index in [0.717, 1.165) is 48.8 Å². The van der Waals surface area contributed by atoms with Gasteiger partial charge in [0.2, 0.25) is 0 Å². The Bertz CT molecular complexity index is 362. The molecule has 3 heteroatoms. The van der Waals surface area contributed by atoms with Gasteiger partial charge in [0.15, 0.2) is 0 Å². The topological polar surface area (TPSA) is 46.1 Å². The maximum absolute atomic E-state index is 11.8. The molecule has 0 N–H and O–H groups in total. The van der Waals surface area contributed by atoms with E-state index in [1.165, 1.54) is 6.07 Å². The van der Waals surface area contributed by atoms with E-state index in [9.17, 15) is 10.2 Å². The molecule has 0 aromatic heterocycles. The molecule has 0 unspecified atom stereocenters. The smallest absolute Gasteiger partial charge is 0.873 e. The average molecular weight is 279 g/mol. The molecule has 1 rings (SSSR count). The fourth-order valence-electron chi connectivity index (χ4n) is 2.09. The Labute approximate surface area is 114 Å². The largest absolute Gasteiger partial charge is 2.00 e. The Morgan fingerprint density at radius 2 is 1.65 bits per heavy atom. The summed E-state index contributed by atoms with van der Waals surface area (Å²) >= 11 is 0. The van der Waals surface area contributed by atoms with Crippen molar-refractivity contribution in [3.05, 3.63) is 22.8 Å².